The molecule has 1 aliphatic rings. The zero-order chi connectivity index (χ0) is 21.2. The Morgan fingerprint density at radius 3 is 2.59 bits per heavy atom. The van der Waals surface area contributed by atoms with Gasteiger partial charge in [-0.05, 0) is 62.9 Å². The summed E-state index contributed by atoms with van der Waals surface area (Å²) in [6, 6.07) is 12.1. The van der Waals surface area contributed by atoms with Crippen molar-refractivity contribution in [2.45, 2.75) is 38.5 Å². The van der Waals surface area contributed by atoms with Crippen molar-refractivity contribution in [3.05, 3.63) is 59.2 Å². The Labute approximate surface area is 172 Å². The van der Waals surface area contributed by atoms with E-state index in [0.717, 1.165) is 5.56 Å². The molecular weight excluding hydrogens is 388 g/mol. The first-order valence-corrected chi connectivity index (χ1v) is 11.1. The van der Waals surface area contributed by atoms with E-state index in [1.54, 1.807) is 43.3 Å². The molecule has 1 fully saturated rings. The predicted molar refractivity (Wildman–Crippen MR) is 112 cm³/mol. The number of hydrogen-bond donors (Lipinski definition) is 1. The van der Waals surface area contributed by atoms with Gasteiger partial charge in [-0.1, -0.05) is 24.3 Å². The number of nitrogens with one attached hydrogen (secondary N) is 1. The molecule has 1 aliphatic heterocycles. The van der Waals surface area contributed by atoms with Gasteiger partial charge in [0.1, 0.15) is 0 Å². The van der Waals surface area contributed by atoms with Crippen molar-refractivity contribution >= 4 is 27.4 Å². The van der Waals surface area contributed by atoms with Crippen molar-refractivity contribution in [3.63, 3.8) is 0 Å². The lowest BCUT2D eigenvalue weighted by Crippen LogP contribution is -2.43. The normalized spacial score (nSPS) is 17.7. The molecule has 7 heteroatoms. The first kappa shape index (κ1) is 21.2. The van der Waals surface area contributed by atoms with Gasteiger partial charge in [-0.15, -0.1) is 0 Å². The smallest absolute Gasteiger partial charge is 0.243 e. The minimum atomic E-state index is -3.66. The summed E-state index contributed by atoms with van der Waals surface area (Å²) in [6.07, 6.45) is 1.24. The summed E-state index contributed by atoms with van der Waals surface area (Å²) in [5.74, 6) is -0.749. The minimum Gasteiger partial charge on any atom is -0.326 e. The summed E-state index contributed by atoms with van der Waals surface area (Å²) in [7, 11) is -3.66. The highest BCUT2D eigenvalue weighted by Gasteiger charge is 2.34. The average Bonchev–Trinajstić information content (AvgIpc) is 2.70. The van der Waals surface area contributed by atoms with Gasteiger partial charge in [-0.25, -0.2) is 8.42 Å². The molecule has 1 amide bonds. The number of aryl methyl sites for hydroxylation is 2. The SMILES string of the molecule is CC(=O)c1cccc(NC(=O)[C@H]2CCCN(S(=O)(=O)c3cc(C)ccc3C)C2)c1. The highest BCUT2D eigenvalue weighted by Crippen LogP contribution is 2.27. The summed E-state index contributed by atoms with van der Waals surface area (Å²) in [5, 5.41) is 2.83. The van der Waals surface area contributed by atoms with Gasteiger partial charge in [0.2, 0.25) is 15.9 Å². The predicted octanol–water partition coefficient (Wildman–Crippen LogP) is 3.55. The van der Waals surface area contributed by atoms with Crippen LogP contribution in [-0.2, 0) is 14.8 Å². The third-order valence-corrected chi connectivity index (χ3v) is 7.26. The molecule has 3 rings (SSSR count). The highest BCUT2D eigenvalue weighted by atomic mass is 32.2. The van der Waals surface area contributed by atoms with Gasteiger partial charge in [0.25, 0.3) is 0 Å². The number of sulfonamides is 1. The number of carbonyl (C=O) groups is 2. The van der Waals surface area contributed by atoms with Gasteiger partial charge in [0.05, 0.1) is 10.8 Å². The molecule has 2 aromatic carbocycles. The average molecular weight is 415 g/mol. The molecule has 154 valence electrons. The summed E-state index contributed by atoms with van der Waals surface area (Å²) in [6.45, 7) is 5.66. The van der Waals surface area contributed by atoms with E-state index in [1.165, 1.54) is 11.2 Å². The number of carbonyl (C=O) groups excluding carboxylic acids is 2. The molecule has 29 heavy (non-hydrogen) atoms. The maximum Gasteiger partial charge on any atom is 0.243 e. The maximum absolute atomic E-state index is 13.2. The van der Waals surface area contributed by atoms with Crippen LogP contribution in [0.4, 0.5) is 5.69 Å². The van der Waals surface area contributed by atoms with Crippen LogP contribution in [0.3, 0.4) is 0 Å². The van der Waals surface area contributed by atoms with Crippen LogP contribution in [0, 0.1) is 19.8 Å². The van der Waals surface area contributed by atoms with Crippen LogP contribution in [0.15, 0.2) is 47.4 Å². The second-order valence-electron chi connectivity index (χ2n) is 7.60. The van der Waals surface area contributed by atoms with Gasteiger partial charge in [-0.3, -0.25) is 9.59 Å². The van der Waals surface area contributed by atoms with Crippen molar-refractivity contribution in [2.24, 2.45) is 5.92 Å². The zero-order valence-corrected chi connectivity index (χ0v) is 17.8. The van der Waals surface area contributed by atoms with E-state index in [-0.39, 0.29) is 18.2 Å². The van der Waals surface area contributed by atoms with Crippen LogP contribution in [-0.4, -0.2) is 37.5 Å². The molecule has 0 aliphatic carbocycles. The summed E-state index contributed by atoms with van der Waals surface area (Å²) in [5.41, 5.74) is 2.64. The van der Waals surface area contributed by atoms with Crippen molar-refractivity contribution in [2.75, 3.05) is 18.4 Å². The number of Topliss-reactive ketones (excluding diaryl/α,β-unsaturated/α-hetero) is 1. The monoisotopic (exact) mass is 414 g/mol. The van der Waals surface area contributed by atoms with Crippen LogP contribution in [0.5, 0.6) is 0 Å². The van der Waals surface area contributed by atoms with Crippen LogP contribution >= 0.6 is 0 Å². The van der Waals surface area contributed by atoms with E-state index in [9.17, 15) is 18.0 Å². The highest BCUT2D eigenvalue weighted by molar-refractivity contribution is 7.89. The summed E-state index contributed by atoms with van der Waals surface area (Å²) >= 11 is 0. The lowest BCUT2D eigenvalue weighted by Gasteiger charge is -2.31. The molecule has 0 saturated carbocycles. The molecule has 2 aromatic rings. The van der Waals surface area contributed by atoms with Gasteiger partial charge < -0.3 is 5.32 Å². The molecular formula is C22H26N2O4S. The van der Waals surface area contributed by atoms with E-state index in [1.807, 2.05) is 13.0 Å². The van der Waals surface area contributed by atoms with Gasteiger partial charge in [-0.2, -0.15) is 4.31 Å². The first-order chi connectivity index (χ1) is 13.7. The van der Waals surface area contributed by atoms with E-state index in [2.05, 4.69) is 5.32 Å². The molecule has 1 N–H and O–H groups in total. The van der Waals surface area contributed by atoms with Gasteiger partial charge >= 0.3 is 0 Å². The first-order valence-electron chi connectivity index (χ1n) is 9.68. The molecule has 0 unspecified atom stereocenters. The Kier molecular flexibility index (Phi) is 6.19. The van der Waals surface area contributed by atoms with Gasteiger partial charge in [0.15, 0.2) is 5.78 Å². The third-order valence-electron chi connectivity index (χ3n) is 5.25. The maximum atomic E-state index is 13.2. The number of rotatable bonds is 5. The second kappa shape index (κ2) is 8.47. The Hall–Kier alpha value is -2.51. The Balaban J connectivity index is 1.76. The fourth-order valence-corrected chi connectivity index (χ4v) is 5.39. The standard InChI is InChI=1S/C22H26N2O4S/c1-15-9-10-16(2)21(12-15)29(27,28)24-11-5-7-19(14-24)22(26)23-20-8-4-6-18(13-20)17(3)25/h4,6,8-10,12-13,19H,5,7,11,14H2,1-3H3,(H,23,26)/t19-/m0/s1. The van der Waals surface area contributed by atoms with Crippen LogP contribution in [0.25, 0.3) is 0 Å². The number of nitrogens with zero attached hydrogens (tertiary/aromatic N) is 1. The summed E-state index contributed by atoms with van der Waals surface area (Å²) < 4.78 is 27.7. The van der Waals surface area contributed by atoms with Crippen molar-refractivity contribution in [1.29, 1.82) is 0 Å². The third kappa shape index (κ3) is 4.74. The number of ketones is 1. The molecule has 1 heterocycles. The van der Waals surface area contributed by atoms with E-state index in [0.29, 0.717) is 41.1 Å². The summed E-state index contributed by atoms with van der Waals surface area (Å²) in [4.78, 5) is 24.6. The molecule has 0 radical (unpaired) electrons. The second-order valence-corrected chi connectivity index (χ2v) is 9.50. The number of benzene rings is 2. The number of amides is 1. The molecule has 1 atom stereocenters. The number of hydrogen-bond acceptors (Lipinski definition) is 4. The molecule has 0 spiro atoms. The van der Waals surface area contributed by atoms with Gasteiger partial charge in [0, 0.05) is 24.3 Å². The van der Waals surface area contributed by atoms with E-state index >= 15 is 0 Å². The Morgan fingerprint density at radius 2 is 1.86 bits per heavy atom. The topological polar surface area (TPSA) is 83.6 Å². The van der Waals surface area contributed by atoms with E-state index < -0.39 is 15.9 Å². The number of anilines is 1. The largest absolute Gasteiger partial charge is 0.326 e. The molecule has 1 saturated heterocycles. The number of piperidine rings is 1. The van der Waals surface area contributed by atoms with Crippen LogP contribution in [0.1, 0.15) is 41.3 Å². The zero-order valence-electron chi connectivity index (χ0n) is 16.9. The quantitative estimate of drug-likeness (QED) is 0.759. The minimum absolute atomic E-state index is 0.0791. The fourth-order valence-electron chi connectivity index (χ4n) is 3.56. The molecule has 0 aromatic heterocycles. The fraction of sp³-hybridized carbons (Fsp3) is 0.364. The lowest BCUT2D eigenvalue weighted by molar-refractivity contribution is -0.120. The molecule has 0 bridgehead atoms. The van der Waals surface area contributed by atoms with Crippen molar-refractivity contribution in [1.82, 2.24) is 4.31 Å². The van der Waals surface area contributed by atoms with Crippen molar-refractivity contribution < 1.29 is 18.0 Å². The van der Waals surface area contributed by atoms with Crippen molar-refractivity contribution in [3.8, 4) is 0 Å². The Morgan fingerprint density at radius 1 is 1.10 bits per heavy atom. The van der Waals surface area contributed by atoms with E-state index in [4.69, 9.17) is 0 Å². The Bertz CT molecular complexity index is 1050. The molecule has 6 nitrogen and oxygen atoms in total. The lowest BCUT2D eigenvalue weighted by atomic mass is 9.98. The van der Waals surface area contributed by atoms with Crippen LogP contribution in [0.2, 0.25) is 0 Å². The van der Waals surface area contributed by atoms with Crippen LogP contribution < -0.4 is 5.32 Å².